The van der Waals surface area contributed by atoms with E-state index in [1.807, 2.05) is 24.5 Å². The second-order valence-electron chi connectivity index (χ2n) is 5.58. The Morgan fingerprint density at radius 1 is 1.30 bits per heavy atom. The third-order valence-corrected chi connectivity index (χ3v) is 4.75. The molecule has 20 heavy (non-hydrogen) atoms. The largest absolute Gasteiger partial charge is 0.380 e. The molecule has 0 amide bonds. The second kappa shape index (κ2) is 6.08. The second-order valence-corrected chi connectivity index (χ2v) is 6.50. The molecular weight excluding hydrogens is 314 g/mol. The average Bonchev–Trinajstić information content (AvgIpc) is 2.47. The van der Waals surface area contributed by atoms with Crippen molar-refractivity contribution in [1.82, 2.24) is 9.97 Å². The van der Waals surface area contributed by atoms with Gasteiger partial charge in [-0.1, -0.05) is 26.2 Å². The Labute approximate surface area is 128 Å². The van der Waals surface area contributed by atoms with Crippen LogP contribution in [0.2, 0.25) is 0 Å². The number of hydrogen-bond acceptors (Lipinski definition) is 3. The van der Waals surface area contributed by atoms with Crippen molar-refractivity contribution in [3.05, 3.63) is 29.0 Å². The molecule has 0 saturated heterocycles. The van der Waals surface area contributed by atoms with Gasteiger partial charge in [0.05, 0.1) is 11.2 Å². The SMILES string of the molecule is CCC1CCCCC1Nc1ccnc2cc(Br)cnc12. The zero-order chi connectivity index (χ0) is 13.9. The van der Waals surface area contributed by atoms with Gasteiger partial charge in [-0.15, -0.1) is 0 Å². The Morgan fingerprint density at radius 2 is 2.15 bits per heavy atom. The molecule has 2 aromatic heterocycles. The van der Waals surface area contributed by atoms with Gasteiger partial charge in [-0.05, 0) is 46.8 Å². The molecule has 2 atom stereocenters. The monoisotopic (exact) mass is 333 g/mol. The van der Waals surface area contributed by atoms with Gasteiger partial charge in [0.2, 0.25) is 0 Å². The first-order chi connectivity index (χ1) is 9.78. The van der Waals surface area contributed by atoms with Gasteiger partial charge in [0, 0.05) is 22.9 Å². The summed E-state index contributed by atoms with van der Waals surface area (Å²) >= 11 is 3.45. The van der Waals surface area contributed by atoms with Crippen LogP contribution in [0.3, 0.4) is 0 Å². The lowest BCUT2D eigenvalue weighted by atomic mass is 9.83. The van der Waals surface area contributed by atoms with Crippen molar-refractivity contribution >= 4 is 32.7 Å². The smallest absolute Gasteiger partial charge is 0.112 e. The topological polar surface area (TPSA) is 37.8 Å². The van der Waals surface area contributed by atoms with Crippen molar-refractivity contribution in [2.45, 2.75) is 45.1 Å². The molecule has 0 aromatic carbocycles. The van der Waals surface area contributed by atoms with E-state index in [0.29, 0.717) is 6.04 Å². The van der Waals surface area contributed by atoms with Gasteiger partial charge in [0.15, 0.2) is 0 Å². The van der Waals surface area contributed by atoms with Crippen LogP contribution in [-0.4, -0.2) is 16.0 Å². The van der Waals surface area contributed by atoms with E-state index >= 15 is 0 Å². The van der Waals surface area contributed by atoms with Crippen molar-refractivity contribution in [2.75, 3.05) is 5.32 Å². The molecule has 1 saturated carbocycles. The fraction of sp³-hybridized carbons (Fsp3) is 0.500. The van der Waals surface area contributed by atoms with Crippen LogP contribution in [-0.2, 0) is 0 Å². The average molecular weight is 334 g/mol. The first kappa shape index (κ1) is 13.8. The number of nitrogens with zero attached hydrogens (tertiary/aromatic N) is 2. The minimum Gasteiger partial charge on any atom is -0.380 e. The first-order valence-corrected chi connectivity index (χ1v) is 8.24. The van der Waals surface area contributed by atoms with Gasteiger partial charge in [-0.25, -0.2) is 0 Å². The lowest BCUT2D eigenvalue weighted by Gasteiger charge is -2.32. The summed E-state index contributed by atoms with van der Waals surface area (Å²) < 4.78 is 0.971. The molecule has 0 aliphatic heterocycles. The van der Waals surface area contributed by atoms with E-state index in [9.17, 15) is 0 Å². The van der Waals surface area contributed by atoms with Crippen LogP contribution in [0, 0.1) is 5.92 Å². The highest BCUT2D eigenvalue weighted by atomic mass is 79.9. The normalized spacial score (nSPS) is 22.9. The molecule has 4 heteroatoms. The Hall–Kier alpha value is -1.16. The highest BCUT2D eigenvalue weighted by Crippen LogP contribution is 2.31. The van der Waals surface area contributed by atoms with E-state index in [-0.39, 0.29) is 0 Å². The maximum absolute atomic E-state index is 4.53. The molecular formula is C16H20BrN3. The molecule has 0 spiro atoms. The van der Waals surface area contributed by atoms with Gasteiger partial charge in [0.1, 0.15) is 5.52 Å². The number of nitrogens with one attached hydrogen (secondary N) is 1. The maximum Gasteiger partial charge on any atom is 0.112 e. The van der Waals surface area contributed by atoms with Gasteiger partial charge >= 0.3 is 0 Å². The van der Waals surface area contributed by atoms with E-state index in [0.717, 1.165) is 27.1 Å². The predicted octanol–water partition coefficient (Wildman–Crippen LogP) is 4.77. The zero-order valence-corrected chi connectivity index (χ0v) is 13.4. The fourth-order valence-corrected chi connectivity index (χ4v) is 3.53. The lowest BCUT2D eigenvalue weighted by Crippen LogP contribution is -2.31. The van der Waals surface area contributed by atoms with E-state index in [1.165, 1.54) is 32.1 Å². The van der Waals surface area contributed by atoms with E-state index in [1.54, 1.807) is 0 Å². The maximum atomic E-state index is 4.53. The number of hydrogen-bond donors (Lipinski definition) is 1. The zero-order valence-electron chi connectivity index (χ0n) is 11.8. The molecule has 3 rings (SSSR count). The standard InChI is InChI=1S/C16H20BrN3/c1-2-11-5-3-4-6-13(11)20-14-7-8-18-15-9-12(17)10-19-16(14)15/h7-11,13H,2-6H2,1H3,(H,18,20). The summed E-state index contributed by atoms with van der Waals surface area (Å²) in [6, 6.07) is 4.64. The summed E-state index contributed by atoms with van der Waals surface area (Å²) in [4.78, 5) is 8.93. The van der Waals surface area contributed by atoms with Crippen molar-refractivity contribution < 1.29 is 0 Å². The number of pyridine rings is 2. The van der Waals surface area contributed by atoms with Gasteiger partial charge in [-0.2, -0.15) is 0 Å². The van der Waals surface area contributed by atoms with Crippen LogP contribution in [0.15, 0.2) is 29.0 Å². The van der Waals surface area contributed by atoms with Crippen LogP contribution >= 0.6 is 15.9 Å². The number of halogens is 1. The molecule has 1 fully saturated rings. The van der Waals surface area contributed by atoms with E-state index in [2.05, 4.69) is 38.1 Å². The molecule has 106 valence electrons. The van der Waals surface area contributed by atoms with Crippen molar-refractivity contribution in [1.29, 1.82) is 0 Å². The summed E-state index contributed by atoms with van der Waals surface area (Å²) in [6.07, 6.45) is 10.3. The number of fused-ring (bicyclic) bond motifs is 1. The third-order valence-electron chi connectivity index (χ3n) is 4.32. The third kappa shape index (κ3) is 2.80. The summed E-state index contributed by atoms with van der Waals surface area (Å²) in [5.41, 5.74) is 3.03. The molecule has 2 unspecified atom stereocenters. The molecule has 1 N–H and O–H groups in total. The van der Waals surface area contributed by atoms with Crippen LogP contribution < -0.4 is 5.32 Å². The lowest BCUT2D eigenvalue weighted by molar-refractivity contribution is 0.317. The number of rotatable bonds is 3. The predicted molar refractivity (Wildman–Crippen MR) is 86.9 cm³/mol. The Balaban J connectivity index is 1.90. The van der Waals surface area contributed by atoms with Crippen molar-refractivity contribution in [3.63, 3.8) is 0 Å². The van der Waals surface area contributed by atoms with Crippen molar-refractivity contribution in [2.24, 2.45) is 5.92 Å². The summed E-state index contributed by atoms with van der Waals surface area (Å²) in [5.74, 6) is 0.780. The van der Waals surface area contributed by atoms with Crippen LogP contribution in [0.25, 0.3) is 11.0 Å². The molecule has 2 aromatic rings. The van der Waals surface area contributed by atoms with Crippen molar-refractivity contribution in [3.8, 4) is 0 Å². The quantitative estimate of drug-likeness (QED) is 0.878. The highest BCUT2D eigenvalue weighted by molar-refractivity contribution is 9.10. The minimum absolute atomic E-state index is 0.574. The molecule has 2 heterocycles. The van der Waals surface area contributed by atoms with Gasteiger partial charge in [-0.3, -0.25) is 9.97 Å². The van der Waals surface area contributed by atoms with Crippen LogP contribution in [0.4, 0.5) is 5.69 Å². The molecule has 1 aliphatic carbocycles. The summed E-state index contributed by atoms with van der Waals surface area (Å²) in [7, 11) is 0. The molecule has 1 aliphatic rings. The van der Waals surface area contributed by atoms with Crippen LogP contribution in [0.5, 0.6) is 0 Å². The van der Waals surface area contributed by atoms with Crippen LogP contribution in [0.1, 0.15) is 39.0 Å². The summed E-state index contributed by atoms with van der Waals surface area (Å²) in [5, 5.41) is 3.73. The summed E-state index contributed by atoms with van der Waals surface area (Å²) in [6.45, 7) is 2.30. The van der Waals surface area contributed by atoms with Gasteiger partial charge in [0.25, 0.3) is 0 Å². The van der Waals surface area contributed by atoms with E-state index in [4.69, 9.17) is 0 Å². The number of aromatic nitrogens is 2. The van der Waals surface area contributed by atoms with E-state index < -0.39 is 0 Å². The minimum atomic E-state index is 0.574. The fourth-order valence-electron chi connectivity index (χ4n) is 3.21. The highest BCUT2D eigenvalue weighted by Gasteiger charge is 2.24. The number of anilines is 1. The Bertz CT molecular complexity index is 599. The molecule has 3 nitrogen and oxygen atoms in total. The molecule has 0 radical (unpaired) electrons. The van der Waals surface area contributed by atoms with Gasteiger partial charge < -0.3 is 5.32 Å². The Kier molecular flexibility index (Phi) is 4.20. The molecule has 0 bridgehead atoms. The first-order valence-electron chi connectivity index (χ1n) is 7.44. The Morgan fingerprint density at radius 3 is 3.00 bits per heavy atom.